The molecule has 0 aliphatic rings. The molecule has 1 atom stereocenters. The monoisotopic (exact) mass is 157 g/mol. The lowest BCUT2D eigenvalue weighted by atomic mass is 10.2. The molecule has 0 aliphatic heterocycles. The zero-order chi connectivity index (χ0) is 7.98. The van der Waals surface area contributed by atoms with Crippen LogP contribution in [0.2, 0.25) is 0 Å². The predicted molar refractivity (Wildman–Crippen MR) is 50.3 cm³/mol. The summed E-state index contributed by atoms with van der Waals surface area (Å²) in [5, 5.41) is 0. The molecule has 0 fully saturated rings. The second-order valence-electron chi connectivity index (χ2n) is 2.28. The van der Waals surface area contributed by atoms with Crippen LogP contribution in [0.5, 0.6) is 0 Å². The Morgan fingerprint density at radius 3 is 2.80 bits per heavy atom. The van der Waals surface area contributed by atoms with E-state index in [-0.39, 0.29) is 6.04 Å². The summed E-state index contributed by atoms with van der Waals surface area (Å²) in [6.45, 7) is 9.35. The average Bonchev–Trinajstić information content (AvgIpc) is 1.88. The third-order valence-corrected chi connectivity index (χ3v) is 2.23. The van der Waals surface area contributed by atoms with Crippen molar-refractivity contribution in [1.82, 2.24) is 0 Å². The van der Waals surface area contributed by atoms with E-state index in [0.717, 1.165) is 17.1 Å². The van der Waals surface area contributed by atoms with Crippen LogP contribution in [0.15, 0.2) is 24.8 Å². The normalized spacial score (nSPS) is 12.6. The van der Waals surface area contributed by atoms with Crippen LogP contribution in [0, 0.1) is 0 Å². The molecular weight excluding hydrogens is 142 g/mol. The van der Waals surface area contributed by atoms with Crippen LogP contribution in [-0.4, -0.2) is 17.5 Å². The van der Waals surface area contributed by atoms with E-state index >= 15 is 0 Å². The molecule has 0 spiro atoms. The number of hydrogen-bond donors (Lipinski definition) is 1. The fourth-order valence-corrected chi connectivity index (χ4v) is 1.26. The van der Waals surface area contributed by atoms with E-state index in [1.807, 2.05) is 13.0 Å². The van der Waals surface area contributed by atoms with E-state index in [4.69, 9.17) is 5.73 Å². The first-order chi connectivity index (χ1) is 4.68. The molecule has 0 saturated carbocycles. The number of hydrogen-bond acceptors (Lipinski definition) is 2. The van der Waals surface area contributed by atoms with Crippen molar-refractivity contribution in [2.24, 2.45) is 5.73 Å². The van der Waals surface area contributed by atoms with Crippen LogP contribution >= 0.6 is 11.8 Å². The van der Waals surface area contributed by atoms with Crippen LogP contribution in [0.1, 0.15) is 6.92 Å². The van der Waals surface area contributed by atoms with Crippen LogP contribution in [-0.2, 0) is 0 Å². The van der Waals surface area contributed by atoms with Gasteiger partial charge in [0.15, 0.2) is 0 Å². The summed E-state index contributed by atoms with van der Waals surface area (Å²) in [5.41, 5.74) is 6.75. The van der Waals surface area contributed by atoms with Gasteiger partial charge in [-0.3, -0.25) is 0 Å². The summed E-state index contributed by atoms with van der Waals surface area (Å²) < 4.78 is 0. The maximum absolute atomic E-state index is 5.70. The fourth-order valence-electron chi connectivity index (χ4n) is 0.421. The zero-order valence-electron chi connectivity index (χ0n) is 6.47. The Labute approximate surface area is 67.4 Å². The van der Waals surface area contributed by atoms with E-state index in [2.05, 4.69) is 13.2 Å². The molecule has 0 amide bonds. The Morgan fingerprint density at radius 1 is 1.80 bits per heavy atom. The molecular formula is C8H15NS. The number of nitrogens with two attached hydrogens (primary N) is 1. The summed E-state index contributed by atoms with van der Waals surface area (Å²) in [4.78, 5) is 0. The number of thioether (sulfide) groups is 1. The molecule has 0 aromatic carbocycles. The Morgan fingerprint density at radius 2 is 2.40 bits per heavy atom. The minimum Gasteiger partial charge on any atom is -0.324 e. The molecule has 0 saturated heterocycles. The van der Waals surface area contributed by atoms with Gasteiger partial charge in [0, 0.05) is 17.5 Å². The zero-order valence-corrected chi connectivity index (χ0v) is 7.29. The molecule has 0 aliphatic carbocycles. The molecule has 0 aromatic heterocycles. The van der Waals surface area contributed by atoms with Gasteiger partial charge in [0.1, 0.15) is 0 Å². The third-order valence-electron chi connectivity index (χ3n) is 1.17. The molecule has 2 heteroatoms. The lowest BCUT2D eigenvalue weighted by molar-refractivity contribution is 0.878. The van der Waals surface area contributed by atoms with E-state index < -0.39 is 0 Å². The first-order valence-electron chi connectivity index (χ1n) is 3.28. The summed E-state index contributed by atoms with van der Waals surface area (Å²) in [6, 6.07) is 0.143. The quantitative estimate of drug-likeness (QED) is 0.486. The third kappa shape index (κ3) is 4.65. The summed E-state index contributed by atoms with van der Waals surface area (Å²) in [7, 11) is 0. The predicted octanol–water partition coefficient (Wildman–Crippen LogP) is 1.81. The van der Waals surface area contributed by atoms with Gasteiger partial charge in [-0.1, -0.05) is 18.2 Å². The topological polar surface area (TPSA) is 26.0 Å². The van der Waals surface area contributed by atoms with Crippen molar-refractivity contribution >= 4 is 11.8 Å². The minimum atomic E-state index is 0.143. The van der Waals surface area contributed by atoms with Gasteiger partial charge in [0.2, 0.25) is 0 Å². The second-order valence-corrected chi connectivity index (χ2v) is 3.35. The molecule has 0 heterocycles. The highest BCUT2D eigenvalue weighted by Crippen LogP contribution is 2.05. The largest absolute Gasteiger partial charge is 0.324 e. The summed E-state index contributed by atoms with van der Waals surface area (Å²) >= 11 is 1.79. The van der Waals surface area contributed by atoms with E-state index in [0.29, 0.717) is 0 Å². The Hall–Kier alpha value is -0.210. The molecule has 0 bridgehead atoms. The first kappa shape index (κ1) is 9.79. The SMILES string of the molecule is C=CCSCC(N)C(=C)C. The van der Waals surface area contributed by atoms with Gasteiger partial charge < -0.3 is 5.73 Å². The van der Waals surface area contributed by atoms with Crippen molar-refractivity contribution in [2.75, 3.05) is 11.5 Å². The molecule has 1 nitrogen and oxygen atoms in total. The fraction of sp³-hybridized carbons (Fsp3) is 0.500. The van der Waals surface area contributed by atoms with Gasteiger partial charge in [-0.05, 0) is 6.92 Å². The van der Waals surface area contributed by atoms with Gasteiger partial charge in [-0.25, -0.2) is 0 Å². The van der Waals surface area contributed by atoms with E-state index in [1.54, 1.807) is 11.8 Å². The van der Waals surface area contributed by atoms with Crippen LogP contribution in [0.25, 0.3) is 0 Å². The van der Waals surface area contributed by atoms with Crippen LogP contribution < -0.4 is 5.73 Å². The van der Waals surface area contributed by atoms with Gasteiger partial charge >= 0.3 is 0 Å². The van der Waals surface area contributed by atoms with Crippen molar-refractivity contribution < 1.29 is 0 Å². The Bertz CT molecular complexity index is 120. The van der Waals surface area contributed by atoms with Crippen molar-refractivity contribution in [3.05, 3.63) is 24.8 Å². The minimum absolute atomic E-state index is 0.143. The molecule has 0 rings (SSSR count). The van der Waals surface area contributed by atoms with Crippen molar-refractivity contribution in [1.29, 1.82) is 0 Å². The molecule has 0 aromatic rings. The first-order valence-corrected chi connectivity index (χ1v) is 4.43. The van der Waals surface area contributed by atoms with E-state index in [1.165, 1.54) is 0 Å². The molecule has 0 radical (unpaired) electrons. The Balaban J connectivity index is 3.30. The lowest BCUT2D eigenvalue weighted by Crippen LogP contribution is -2.23. The summed E-state index contributed by atoms with van der Waals surface area (Å²) in [5.74, 6) is 1.92. The molecule has 2 N–H and O–H groups in total. The molecule has 1 unspecified atom stereocenters. The van der Waals surface area contributed by atoms with Crippen molar-refractivity contribution in [3.63, 3.8) is 0 Å². The Kier molecular flexibility index (Phi) is 5.45. The van der Waals surface area contributed by atoms with Gasteiger partial charge in [-0.2, -0.15) is 11.8 Å². The van der Waals surface area contributed by atoms with Gasteiger partial charge in [0.25, 0.3) is 0 Å². The van der Waals surface area contributed by atoms with Crippen molar-refractivity contribution in [2.45, 2.75) is 13.0 Å². The van der Waals surface area contributed by atoms with E-state index in [9.17, 15) is 0 Å². The maximum Gasteiger partial charge on any atom is 0.0340 e. The molecule has 58 valence electrons. The highest BCUT2D eigenvalue weighted by molar-refractivity contribution is 7.99. The standard InChI is InChI=1S/C8H15NS/c1-4-5-10-6-8(9)7(2)3/h4,8H,1-2,5-6,9H2,3H3. The maximum atomic E-state index is 5.70. The lowest BCUT2D eigenvalue weighted by Gasteiger charge is -2.08. The number of rotatable bonds is 5. The van der Waals surface area contributed by atoms with Crippen LogP contribution in [0.3, 0.4) is 0 Å². The smallest absolute Gasteiger partial charge is 0.0340 e. The molecule has 10 heavy (non-hydrogen) atoms. The van der Waals surface area contributed by atoms with Gasteiger partial charge in [-0.15, -0.1) is 6.58 Å². The van der Waals surface area contributed by atoms with Crippen molar-refractivity contribution in [3.8, 4) is 0 Å². The van der Waals surface area contributed by atoms with Gasteiger partial charge in [0.05, 0.1) is 0 Å². The van der Waals surface area contributed by atoms with Crippen LogP contribution in [0.4, 0.5) is 0 Å². The average molecular weight is 157 g/mol. The second kappa shape index (κ2) is 5.57. The highest BCUT2D eigenvalue weighted by Gasteiger charge is 2.00. The summed E-state index contributed by atoms with van der Waals surface area (Å²) in [6.07, 6.45) is 1.88. The highest BCUT2D eigenvalue weighted by atomic mass is 32.2.